The van der Waals surface area contributed by atoms with E-state index in [-0.39, 0.29) is 12.6 Å². The summed E-state index contributed by atoms with van der Waals surface area (Å²) in [5.74, 6) is -0.667. The lowest BCUT2D eigenvalue weighted by Crippen LogP contribution is -2.46. The van der Waals surface area contributed by atoms with Crippen LogP contribution in [-0.2, 0) is 4.79 Å². The first-order valence-electron chi connectivity index (χ1n) is 5.30. The first-order valence-corrected chi connectivity index (χ1v) is 5.30. The lowest BCUT2D eigenvalue weighted by atomic mass is 10.1. The van der Waals surface area contributed by atoms with Gasteiger partial charge in [0.15, 0.2) is 0 Å². The van der Waals surface area contributed by atoms with Gasteiger partial charge in [0, 0.05) is 13.1 Å². The number of nitrogens with one attached hydrogen (secondary N) is 3. The number of rotatable bonds is 5. The number of carboxylic acids is 1. The summed E-state index contributed by atoms with van der Waals surface area (Å²) >= 11 is 0. The molecule has 1 fully saturated rings. The first kappa shape index (κ1) is 12.7. The Morgan fingerprint density at radius 1 is 1.50 bits per heavy atom. The van der Waals surface area contributed by atoms with Gasteiger partial charge in [-0.3, -0.25) is 4.79 Å². The number of amides is 2. The number of carboxylic acid groups (broad SMARTS) is 1. The fourth-order valence-corrected chi connectivity index (χ4v) is 1.48. The molecule has 0 aliphatic carbocycles. The van der Waals surface area contributed by atoms with Crippen molar-refractivity contribution in [2.75, 3.05) is 26.2 Å². The van der Waals surface area contributed by atoms with E-state index in [0.717, 1.165) is 19.5 Å². The Labute approximate surface area is 93.8 Å². The maximum absolute atomic E-state index is 11.2. The van der Waals surface area contributed by atoms with E-state index in [2.05, 4.69) is 16.0 Å². The minimum atomic E-state index is -1.12. The normalized spacial score (nSPS) is 21.4. The molecule has 92 valence electrons. The molecule has 7 nitrogen and oxygen atoms in total. The van der Waals surface area contributed by atoms with Crippen LogP contribution in [0.1, 0.15) is 6.42 Å². The van der Waals surface area contributed by atoms with Crippen molar-refractivity contribution >= 4 is 12.0 Å². The molecule has 0 bridgehead atoms. The second-order valence-corrected chi connectivity index (χ2v) is 3.89. The molecule has 0 spiro atoms. The van der Waals surface area contributed by atoms with Crippen molar-refractivity contribution in [3.63, 3.8) is 0 Å². The van der Waals surface area contributed by atoms with Gasteiger partial charge in [0.2, 0.25) is 0 Å². The van der Waals surface area contributed by atoms with Crippen LogP contribution in [0.2, 0.25) is 0 Å². The number of aliphatic carboxylic acids is 1. The molecule has 6 N–H and O–H groups in total. The van der Waals surface area contributed by atoms with Gasteiger partial charge in [0.1, 0.15) is 6.04 Å². The van der Waals surface area contributed by atoms with E-state index in [1.807, 2.05) is 0 Å². The highest BCUT2D eigenvalue weighted by Crippen LogP contribution is 2.04. The fourth-order valence-electron chi connectivity index (χ4n) is 1.48. The number of nitrogens with two attached hydrogens (primary N) is 1. The van der Waals surface area contributed by atoms with Crippen molar-refractivity contribution in [3.05, 3.63) is 0 Å². The molecule has 1 aliphatic heterocycles. The maximum atomic E-state index is 11.2. The summed E-state index contributed by atoms with van der Waals surface area (Å²) in [6.45, 7) is 2.43. The van der Waals surface area contributed by atoms with Crippen LogP contribution in [-0.4, -0.2) is 49.3 Å². The van der Waals surface area contributed by atoms with Crippen molar-refractivity contribution in [3.8, 4) is 0 Å². The highest BCUT2D eigenvalue weighted by Gasteiger charge is 2.16. The topological polar surface area (TPSA) is 116 Å². The van der Waals surface area contributed by atoms with Crippen molar-refractivity contribution < 1.29 is 14.7 Å². The van der Waals surface area contributed by atoms with E-state index in [4.69, 9.17) is 10.8 Å². The van der Waals surface area contributed by atoms with Gasteiger partial charge < -0.3 is 26.8 Å². The van der Waals surface area contributed by atoms with Gasteiger partial charge in [-0.25, -0.2) is 4.79 Å². The van der Waals surface area contributed by atoms with Crippen molar-refractivity contribution in [2.45, 2.75) is 12.5 Å². The summed E-state index contributed by atoms with van der Waals surface area (Å²) < 4.78 is 0. The summed E-state index contributed by atoms with van der Waals surface area (Å²) in [6, 6.07) is -1.43. The van der Waals surface area contributed by atoms with Crippen LogP contribution in [0.15, 0.2) is 0 Å². The zero-order chi connectivity index (χ0) is 12.0. The van der Waals surface area contributed by atoms with Crippen molar-refractivity contribution in [2.24, 2.45) is 11.7 Å². The van der Waals surface area contributed by atoms with E-state index in [1.165, 1.54) is 0 Å². The van der Waals surface area contributed by atoms with E-state index in [9.17, 15) is 9.59 Å². The molecule has 2 atom stereocenters. The molecule has 1 aliphatic rings. The van der Waals surface area contributed by atoms with E-state index >= 15 is 0 Å². The third kappa shape index (κ3) is 4.45. The van der Waals surface area contributed by atoms with Crippen LogP contribution < -0.4 is 21.7 Å². The Morgan fingerprint density at radius 3 is 2.81 bits per heavy atom. The average molecular weight is 230 g/mol. The van der Waals surface area contributed by atoms with Crippen LogP contribution in [0.5, 0.6) is 0 Å². The van der Waals surface area contributed by atoms with Crippen LogP contribution in [0, 0.1) is 5.92 Å². The molecule has 0 unspecified atom stereocenters. The molecule has 16 heavy (non-hydrogen) atoms. The Kier molecular flexibility index (Phi) is 5.00. The van der Waals surface area contributed by atoms with Gasteiger partial charge in [0.25, 0.3) is 0 Å². The molecule has 0 aromatic rings. The van der Waals surface area contributed by atoms with E-state index in [0.29, 0.717) is 12.5 Å². The first-order chi connectivity index (χ1) is 7.59. The van der Waals surface area contributed by atoms with Crippen LogP contribution in [0.3, 0.4) is 0 Å². The molecular weight excluding hydrogens is 212 g/mol. The summed E-state index contributed by atoms with van der Waals surface area (Å²) in [4.78, 5) is 21.6. The Balaban J connectivity index is 2.08. The maximum Gasteiger partial charge on any atom is 0.322 e. The second-order valence-electron chi connectivity index (χ2n) is 3.89. The molecule has 7 heteroatoms. The van der Waals surface area contributed by atoms with Crippen LogP contribution in [0.4, 0.5) is 4.79 Å². The van der Waals surface area contributed by atoms with E-state index in [1.54, 1.807) is 0 Å². The van der Waals surface area contributed by atoms with Gasteiger partial charge in [-0.15, -0.1) is 0 Å². The largest absolute Gasteiger partial charge is 0.480 e. The number of urea groups is 1. The molecule has 2 amide bonds. The minimum Gasteiger partial charge on any atom is -0.480 e. The molecule has 1 saturated heterocycles. The Morgan fingerprint density at radius 2 is 2.25 bits per heavy atom. The smallest absolute Gasteiger partial charge is 0.322 e. The van der Waals surface area contributed by atoms with Gasteiger partial charge in [-0.1, -0.05) is 0 Å². The lowest BCUT2D eigenvalue weighted by molar-refractivity contribution is -0.138. The monoisotopic (exact) mass is 230 g/mol. The van der Waals surface area contributed by atoms with Gasteiger partial charge in [-0.2, -0.15) is 0 Å². The SMILES string of the molecule is N[C@@H](CNC(=O)NC[C@@H]1CCNC1)C(=O)O. The van der Waals surface area contributed by atoms with Crippen LogP contribution >= 0.6 is 0 Å². The number of carbonyl (C=O) groups is 2. The van der Waals surface area contributed by atoms with Gasteiger partial charge in [0.05, 0.1) is 0 Å². The summed E-state index contributed by atoms with van der Waals surface area (Å²) in [7, 11) is 0. The summed E-state index contributed by atoms with van der Waals surface area (Å²) in [6.07, 6.45) is 1.05. The molecule has 0 saturated carbocycles. The zero-order valence-corrected chi connectivity index (χ0v) is 9.03. The van der Waals surface area contributed by atoms with Crippen LogP contribution in [0.25, 0.3) is 0 Å². The molecule has 1 heterocycles. The molecule has 1 rings (SSSR count). The minimum absolute atomic E-state index is 0.0654. The molecule has 0 radical (unpaired) electrons. The number of hydrogen-bond acceptors (Lipinski definition) is 4. The predicted molar refractivity (Wildman–Crippen MR) is 58.0 cm³/mol. The molecule has 0 aromatic heterocycles. The number of hydrogen-bond donors (Lipinski definition) is 5. The average Bonchev–Trinajstić information content (AvgIpc) is 2.75. The lowest BCUT2D eigenvalue weighted by Gasteiger charge is -2.12. The fraction of sp³-hybridized carbons (Fsp3) is 0.778. The van der Waals surface area contributed by atoms with Crippen molar-refractivity contribution in [1.29, 1.82) is 0 Å². The quantitative estimate of drug-likeness (QED) is 0.386. The Bertz CT molecular complexity index is 253. The highest BCUT2D eigenvalue weighted by atomic mass is 16.4. The van der Waals surface area contributed by atoms with Crippen molar-refractivity contribution in [1.82, 2.24) is 16.0 Å². The summed E-state index contributed by atoms with van der Waals surface area (Å²) in [5.41, 5.74) is 5.23. The zero-order valence-electron chi connectivity index (χ0n) is 9.03. The highest BCUT2D eigenvalue weighted by molar-refractivity contribution is 5.77. The summed E-state index contributed by atoms with van der Waals surface area (Å²) in [5, 5.41) is 16.8. The Hall–Kier alpha value is -1.34. The van der Waals surface area contributed by atoms with E-state index < -0.39 is 12.0 Å². The second kappa shape index (κ2) is 6.29. The van der Waals surface area contributed by atoms with Gasteiger partial charge in [-0.05, 0) is 25.4 Å². The van der Waals surface area contributed by atoms with Gasteiger partial charge >= 0.3 is 12.0 Å². The third-order valence-electron chi connectivity index (χ3n) is 2.51. The predicted octanol–water partition coefficient (Wildman–Crippen LogP) is -1.69. The molecule has 0 aromatic carbocycles. The third-order valence-corrected chi connectivity index (χ3v) is 2.51. The molecular formula is C9H18N4O3. The number of carbonyl (C=O) groups excluding carboxylic acids is 1. The standard InChI is InChI=1S/C9H18N4O3/c10-7(8(14)15)5-13-9(16)12-4-6-1-2-11-3-6/h6-7,11H,1-5,10H2,(H,14,15)(H2,12,13,16)/t6-,7+/m1/s1.